The van der Waals surface area contributed by atoms with Crippen molar-refractivity contribution in [2.24, 2.45) is 5.92 Å². The molecule has 3 unspecified atom stereocenters. The lowest BCUT2D eigenvalue weighted by atomic mass is 9.71. The lowest BCUT2D eigenvalue weighted by molar-refractivity contribution is -0.433. The van der Waals surface area contributed by atoms with Crippen molar-refractivity contribution in [2.45, 2.75) is 58.5 Å². The van der Waals surface area contributed by atoms with E-state index in [1.165, 1.54) is 11.6 Å². The van der Waals surface area contributed by atoms with Gasteiger partial charge >= 0.3 is 7.60 Å². The third-order valence-electron chi connectivity index (χ3n) is 8.64. The van der Waals surface area contributed by atoms with E-state index in [2.05, 4.69) is 53.1 Å². The molecule has 2 aliphatic heterocycles. The number of aliphatic hydroxyl groups excluding tert-OH is 1. The summed E-state index contributed by atoms with van der Waals surface area (Å²) in [6.45, 7) is 13.7. The first-order valence-electron chi connectivity index (χ1n) is 13.3. The van der Waals surface area contributed by atoms with Gasteiger partial charge in [0, 0.05) is 46.6 Å². The second-order valence-corrected chi connectivity index (χ2v) is 13.9. The van der Waals surface area contributed by atoms with Crippen molar-refractivity contribution >= 4 is 50.3 Å². The Morgan fingerprint density at radius 1 is 1.05 bits per heavy atom. The smallest absolute Gasteiger partial charge is 0.356 e. The van der Waals surface area contributed by atoms with E-state index in [9.17, 15) is 24.3 Å². The zero-order valence-electron chi connectivity index (χ0n) is 23.3. The predicted molar refractivity (Wildman–Crippen MR) is 159 cm³/mol. The molecule has 3 atom stereocenters. The molecule has 2 aromatic carbocycles. The molecule has 9 heteroatoms. The molecule has 7 nitrogen and oxygen atoms in total. The lowest BCUT2D eigenvalue weighted by Gasteiger charge is -2.35. The number of ketones is 1. The number of anilines is 1. The van der Waals surface area contributed by atoms with Crippen molar-refractivity contribution in [2.75, 3.05) is 18.0 Å². The van der Waals surface area contributed by atoms with Crippen LogP contribution in [0.4, 0.5) is 11.4 Å². The number of nitrogens with zero attached hydrogens (tertiary/aromatic N) is 2. The van der Waals surface area contributed by atoms with Crippen LogP contribution in [-0.2, 0) is 20.2 Å². The summed E-state index contributed by atoms with van der Waals surface area (Å²) in [5.41, 5.74) is 5.26. The third-order valence-corrected chi connectivity index (χ3v) is 9.95. The molecule has 3 N–H and O–H groups in total. The van der Waals surface area contributed by atoms with E-state index in [-0.39, 0.29) is 16.5 Å². The van der Waals surface area contributed by atoms with E-state index in [1.54, 1.807) is 18.2 Å². The van der Waals surface area contributed by atoms with Gasteiger partial charge in [-0.1, -0.05) is 26.0 Å². The first-order valence-corrected chi connectivity index (χ1v) is 15.5. The third kappa shape index (κ3) is 4.22. The van der Waals surface area contributed by atoms with E-state index in [0.29, 0.717) is 12.1 Å². The molecule has 0 aromatic heterocycles. The number of hydrogen-bond acceptors (Lipinski definition) is 4. The molecule has 0 radical (unpaired) electrons. The van der Waals surface area contributed by atoms with Gasteiger partial charge in [-0.25, -0.2) is 0 Å². The minimum Gasteiger partial charge on any atom is -0.387 e. The fourth-order valence-corrected chi connectivity index (χ4v) is 7.23. The highest BCUT2D eigenvalue weighted by Crippen LogP contribution is 2.49. The summed E-state index contributed by atoms with van der Waals surface area (Å²) in [5, 5.41) is 12.3. The predicted octanol–water partition coefficient (Wildman–Crippen LogP) is 3.57. The van der Waals surface area contributed by atoms with Crippen LogP contribution in [0, 0.1) is 5.92 Å². The van der Waals surface area contributed by atoms with E-state index in [0.717, 1.165) is 40.2 Å². The standard InChI is InChI=1S/C30H36N2O5P2/c1-7-31-23-11-9-17(38)13-21(23)29(3,4)25(31)15-19-27(33)20(28(19)34)16-26-30(5,6)22-14-18(39(35,36)37)10-12-24(22)32(26)8-2/h9-16,19,27,33H,7-8,38H2,1-6H3,(H-,35,36,37)/p+1. The zero-order chi connectivity index (χ0) is 28.7. The number of carbonyl (C=O) groups is 1. The first kappa shape index (κ1) is 28.1. The monoisotopic (exact) mass is 567 g/mol. The van der Waals surface area contributed by atoms with Gasteiger partial charge in [-0.15, -0.1) is 9.24 Å². The van der Waals surface area contributed by atoms with Crippen LogP contribution in [0.25, 0.3) is 0 Å². The molecule has 3 aliphatic rings. The molecule has 2 heterocycles. The molecular weight excluding hydrogens is 530 g/mol. The summed E-state index contributed by atoms with van der Waals surface area (Å²) < 4.78 is 14.0. The largest absolute Gasteiger partial charge is 0.387 e. The summed E-state index contributed by atoms with van der Waals surface area (Å²) in [6.07, 6.45) is 2.80. The quantitative estimate of drug-likeness (QED) is 0.290. The van der Waals surface area contributed by atoms with E-state index in [1.807, 2.05) is 31.4 Å². The highest BCUT2D eigenvalue weighted by atomic mass is 31.2. The number of likely N-dealkylation sites (N-methyl/N-ethyl adjacent to an activating group) is 1. The van der Waals surface area contributed by atoms with E-state index >= 15 is 0 Å². The van der Waals surface area contributed by atoms with Gasteiger partial charge in [-0.05, 0) is 62.8 Å². The Labute approximate surface area is 232 Å². The Kier molecular flexibility index (Phi) is 6.73. The fourth-order valence-electron chi connectivity index (χ4n) is 6.40. The molecule has 39 heavy (non-hydrogen) atoms. The highest BCUT2D eigenvalue weighted by Gasteiger charge is 2.50. The van der Waals surface area contributed by atoms with Gasteiger partial charge in [0.15, 0.2) is 11.5 Å². The summed E-state index contributed by atoms with van der Waals surface area (Å²) in [4.78, 5) is 35.2. The van der Waals surface area contributed by atoms with Crippen LogP contribution in [0.15, 0.2) is 59.8 Å². The average Bonchev–Trinajstić information content (AvgIpc) is 3.22. The Morgan fingerprint density at radius 2 is 1.74 bits per heavy atom. The van der Waals surface area contributed by atoms with Gasteiger partial charge in [-0.3, -0.25) is 9.36 Å². The van der Waals surface area contributed by atoms with Crippen molar-refractivity contribution in [3.8, 4) is 0 Å². The molecule has 0 saturated heterocycles. The summed E-state index contributed by atoms with van der Waals surface area (Å²) in [7, 11) is -1.66. The Morgan fingerprint density at radius 3 is 2.33 bits per heavy atom. The summed E-state index contributed by atoms with van der Waals surface area (Å²) in [5.74, 6) is -0.732. The molecule has 206 valence electrons. The van der Waals surface area contributed by atoms with Crippen LogP contribution in [0.1, 0.15) is 52.7 Å². The topological polar surface area (TPSA) is 101 Å². The molecule has 1 saturated carbocycles. The highest BCUT2D eigenvalue weighted by molar-refractivity contribution is 7.60. The van der Waals surface area contributed by atoms with Crippen molar-refractivity contribution in [3.05, 3.63) is 70.9 Å². The van der Waals surface area contributed by atoms with Gasteiger partial charge in [0.2, 0.25) is 5.69 Å². The molecule has 2 aromatic rings. The summed E-state index contributed by atoms with van der Waals surface area (Å²) in [6, 6.07) is 11.1. The van der Waals surface area contributed by atoms with E-state index in [4.69, 9.17) is 0 Å². The van der Waals surface area contributed by atoms with Gasteiger partial charge in [0.1, 0.15) is 6.54 Å². The maximum atomic E-state index is 13.5. The minimum absolute atomic E-state index is 0.0276. The lowest BCUT2D eigenvalue weighted by Crippen LogP contribution is -2.46. The Bertz CT molecular complexity index is 1550. The van der Waals surface area contributed by atoms with Gasteiger partial charge in [-0.2, -0.15) is 4.58 Å². The van der Waals surface area contributed by atoms with Crippen molar-refractivity contribution in [1.29, 1.82) is 0 Å². The van der Waals surface area contributed by atoms with Crippen LogP contribution < -0.4 is 15.5 Å². The van der Waals surface area contributed by atoms with Crippen molar-refractivity contribution in [3.63, 3.8) is 0 Å². The number of fused-ring (bicyclic) bond motifs is 2. The van der Waals surface area contributed by atoms with Crippen LogP contribution in [0.3, 0.4) is 0 Å². The Hall–Kier alpha value is -2.40. The fraction of sp³-hybridized carbons (Fsp3) is 0.400. The molecule has 5 rings (SSSR count). The first-order chi connectivity index (χ1) is 18.1. The zero-order valence-corrected chi connectivity index (χ0v) is 25.3. The second kappa shape index (κ2) is 9.33. The van der Waals surface area contributed by atoms with Crippen LogP contribution in [0.2, 0.25) is 0 Å². The number of carbonyl (C=O) groups excluding carboxylic acids is 1. The SMILES string of the molecule is CCN1C(=CC2C(=O)C(=CC3=[N+](CC)c4ccc(P(=O)(O)O)cc4C3(C)C)C2O)C(C)(C)c2cc(P)ccc21. The number of allylic oxidation sites excluding steroid dienone is 2. The molecule has 0 amide bonds. The Balaban J connectivity index is 1.51. The van der Waals surface area contributed by atoms with Gasteiger partial charge < -0.3 is 19.8 Å². The number of benzene rings is 2. The van der Waals surface area contributed by atoms with E-state index < -0.39 is 25.0 Å². The maximum absolute atomic E-state index is 13.5. The van der Waals surface area contributed by atoms with Gasteiger partial charge in [0.25, 0.3) is 0 Å². The molecule has 0 spiro atoms. The molecular formula is C30H37N2O5P2+. The van der Waals surface area contributed by atoms with Crippen LogP contribution in [0.5, 0.6) is 0 Å². The molecule has 1 aliphatic carbocycles. The number of aliphatic hydroxyl groups is 1. The maximum Gasteiger partial charge on any atom is 0.356 e. The average molecular weight is 568 g/mol. The number of Topliss-reactive ketones (excluding diaryl/α,β-unsaturated/α-hetero) is 1. The van der Waals surface area contributed by atoms with Crippen LogP contribution in [-0.4, -0.2) is 50.2 Å². The van der Waals surface area contributed by atoms with Crippen molar-refractivity contribution < 1.29 is 28.8 Å². The normalized spacial score (nSPS) is 25.4. The molecule has 0 bridgehead atoms. The summed E-state index contributed by atoms with van der Waals surface area (Å²) >= 11 is 0. The molecule has 1 fully saturated rings. The van der Waals surface area contributed by atoms with Crippen LogP contribution >= 0.6 is 16.8 Å². The van der Waals surface area contributed by atoms with Crippen molar-refractivity contribution in [1.82, 2.24) is 0 Å². The minimum atomic E-state index is -4.41. The number of hydrogen-bond donors (Lipinski definition) is 3. The number of rotatable bonds is 5. The van der Waals surface area contributed by atoms with Gasteiger partial charge in [0.05, 0.1) is 22.7 Å². The second-order valence-electron chi connectivity index (χ2n) is 11.6.